The van der Waals surface area contributed by atoms with E-state index >= 15 is 0 Å². The summed E-state index contributed by atoms with van der Waals surface area (Å²) >= 11 is 0. The number of benzene rings is 2. The van der Waals surface area contributed by atoms with Gasteiger partial charge in [0.15, 0.2) is 0 Å². The van der Waals surface area contributed by atoms with Crippen molar-refractivity contribution in [2.45, 2.75) is 32.7 Å². The van der Waals surface area contributed by atoms with Crippen LogP contribution in [0.5, 0.6) is 0 Å². The number of amides is 2. The number of rotatable bonds is 5. The maximum Gasteiger partial charge on any atom is 0.255 e. The lowest BCUT2D eigenvalue weighted by Gasteiger charge is -2.23. The minimum atomic E-state index is -0.205. The zero-order chi connectivity index (χ0) is 20.9. The lowest BCUT2D eigenvalue weighted by molar-refractivity contribution is 0.0949. The van der Waals surface area contributed by atoms with E-state index in [1.54, 1.807) is 36.7 Å². The fourth-order valence-corrected chi connectivity index (χ4v) is 3.00. The summed E-state index contributed by atoms with van der Waals surface area (Å²) in [6.07, 6.45) is 3.40. The van der Waals surface area contributed by atoms with Gasteiger partial charge in [-0.05, 0) is 52.9 Å². The Morgan fingerprint density at radius 3 is 2.14 bits per heavy atom. The third kappa shape index (κ3) is 5.29. The van der Waals surface area contributed by atoms with Crippen LogP contribution in [-0.4, -0.2) is 16.8 Å². The molecule has 2 aromatic carbocycles. The molecule has 2 N–H and O–H groups in total. The Kier molecular flexibility index (Phi) is 6.07. The fourth-order valence-electron chi connectivity index (χ4n) is 3.00. The Balaban J connectivity index is 1.66. The van der Waals surface area contributed by atoms with E-state index in [1.165, 1.54) is 0 Å². The second-order valence-electron chi connectivity index (χ2n) is 7.87. The summed E-state index contributed by atoms with van der Waals surface area (Å²) < 4.78 is 0. The molecule has 3 aromatic rings. The summed E-state index contributed by atoms with van der Waals surface area (Å²) in [5.41, 5.74) is 3.70. The summed E-state index contributed by atoms with van der Waals surface area (Å²) in [7, 11) is 0. The molecule has 0 unspecified atom stereocenters. The van der Waals surface area contributed by atoms with Crippen molar-refractivity contribution in [3.63, 3.8) is 0 Å². The maximum atomic E-state index is 12.7. The maximum absolute atomic E-state index is 12.7. The smallest absolute Gasteiger partial charge is 0.255 e. The Labute approximate surface area is 171 Å². The van der Waals surface area contributed by atoms with E-state index in [0.29, 0.717) is 17.7 Å². The SMILES string of the molecule is CC(C)(C)c1ccccc1NC(=O)c1ccc(C(=O)NCc2cccnc2)cc1. The minimum absolute atomic E-state index is 0.0832. The largest absolute Gasteiger partial charge is 0.348 e. The van der Waals surface area contributed by atoms with E-state index in [1.807, 2.05) is 36.4 Å². The van der Waals surface area contributed by atoms with Crippen LogP contribution in [0.25, 0.3) is 0 Å². The van der Waals surface area contributed by atoms with E-state index in [2.05, 4.69) is 36.4 Å². The van der Waals surface area contributed by atoms with Crippen LogP contribution in [0.15, 0.2) is 73.1 Å². The molecule has 0 atom stereocenters. The highest BCUT2D eigenvalue weighted by Crippen LogP contribution is 2.29. The van der Waals surface area contributed by atoms with Crippen molar-refractivity contribution in [1.29, 1.82) is 0 Å². The average molecular weight is 387 g/mol. The van der Waals surface area contributed by atoms with Crippen molar-refractivity contribution >= 4 is 17.5 Å². The number of carbonyl (C=O) groups excluding carboxylic acids is 2. The van der Waals surface area contributed by atoms with Crippen LogP contribution in [0.4, 0.5) is 5.69 Å². The Morgan fingerprint density at radius 2 is 1.52 bits per heavy atom. The van der Waals surface area contributed by atoms with Gasteiger partial charge >= 0.3 is 0 Å². The van der Waals surface area contributed by atoms with Gasteiger partial charge in [0.1, 0.15) is 0 Å². The first-order valence-electron chi connectivity index (χ1n) is 9.52. The molecule has 0 aliphatic heterocycles. The highest BCUT2D eigenvalue weighted by atomic mass is 16.2. The van der Waals surface area contributed by atoms with Crippen LogP contribution < -0.4 is 10.6 Å². The van der Waals surface area contributed by atoms with Crippen molar-refractivity contribution in [2.75, 3.05) is 5.32 Å². The molecule has 1 aromatic heterocycles. The van der Waals surface area contributed by atoms with E-state index < -0.39 is 0 Å². The number of hydrogen-bond donors (Lipinski definition) is 2. The topological polar surface area (TPSA) is 71.1 Å². The highest BCUT2D eigenvalue weighted by molar-refractivity contribution is 6.05. The summed E-state index contributed by atoms with van der Waals surface area (Å²) in [6.45, 7) is 6.73. The molecule has 148 valence electrons. The molecule has 0 spiro atoms. The molecule has 0 aliphatic rings. The Bertz CT molecular complexity index is 991. The molecule has 5 nitrogen and oxygen atoms in total. The van der Waals surface area contributed by atoms with E-state index in [4.69, 9.17) is 0 Å². The number of para-hydroxylation sites is 1. The molecule has 0 radical (unpaired) electrons. The van der Waals surface area contributed by atoms with Gasteiger partial charge in [0.25, 0.3) is 11.8 Å². The van der Waals surface area contributed by atoms with Crippen LogP contribution in [0.2, 0.25) is 0 Å². The van der Waals surface area contributed by atoms with Crippen molar-refractivity contribution in [2.24, 2.45) is 0 Å². The van der Waals surface area contributed by atoms with Crippen LogP contribution in [-0.2, 0) is 12.0 Å². The fraction of sp³-hybridized carbons (Fsp3) is 0.208. The minimum Gasteiger partial charge on any atom is -0.348 e. The van der Waals surface area contributed by atoms with Crippen LogP contribution in [0.1, 0.15) is 52.6 Å². The first-order chi connectivity index (χ1) is 13.8. The molecule has 0 bridgehead atoms. The molecule has 0 fully saturated rings. The number of nitrogens with one attached hydrogen (secondary N) is 2. The first kappa shape index (κ1) is 20.3. The van der Waals surface area contributed by atoms with Gasteiger partial charge in [-0.3, -0.25) is 14.6 Å². The summed E-state index contributed by atoms with van der Waals surface area (Å²) in [6, 6.07) is 18.1. The second kappa shape index (κ2) is 8.69. The van der Waals surface area contributed by atoms with E-state index in [9.17, 15) is 9.59 Å². The van der Waals surface area contributed by atoms with Gasteiger partial charge in [0.05, 0.1) is 0 Å². The zero-order valence-corrected chi connectivity index (χ0v) is 16.9. The molecule has 0 saturated heterocycles. The molecule has 1 heterocycles. The molecular weight excluding hydrogens is 362 g/mol. The normalized spacial score (nSPS) is 11.0. The lowest BCUT2D eigenvalue weighted by atomic mass is 9.86. The van der Waals surface area contributed by atoms with Gasteiger partial charge < -0.3 is 10.6 Å². The highest BCUT2D eigenvalue weighted by Gasteiger charge is 2.19. The van der Waals surface area contributed by atoms with E-state index in [0.717, 1.165) is 16.8 Å². The molecular formula is C24H25N3O2. The third-order valence-electron chi connectivity index (χ3n) is 4.57. The number of pyridine rings is 1. The first-order valence-corrected chi connectivity index (χ1v) is 9.52. The Hall–Kier alpha value is -3.47. The molecule has 5 heteroatoms. The molecule has 29 heavy (non-hydrogen) atoms. The van der Waals surface area contributed by atoms with E-state index in [-0.39, 0.29) is 17.2 Å². The van der Waals surface area contributed by atoms with Crippen molar-refractivity contribution in [3.8, 4) is 0 Å². The van der Waals surface area contributed by atoms with Crippen molar-refractivity contribution < 1.29 is 9.59 Å². The van der Waals surface area contributed by atoms with Crippen molar-refractivity contribution in [3.05, 3.63) is 95.3 Å². The number of nitrogens with zero attached hydrogens (tertiary/aromatic N) is 1. The molecule has 0 aliphatic carbocycles. The standard InChI is InChI=1S/C24H25N3O2/c1-24(2,3)20-8-4-5-9-21(20)27-23(29)19-12-10-18(11-13-19)22(28)26-16-17-7-6-14-25-15-17/h4-15H,16H2,1-3H3,(H,26,28)(H,27,29). The molecule has 0 saturated carbocycles. The number of anilines is 1. The second-order valence-corrected chi connectivity index (χ2v) is 7.87. The van der Waals surface area contributed by atoms with Crippen LogP contribution in [0, 0.1) is 0 Å². The van der Waals surface area contributed by atoms with Gasteiger partial charge in [-0.25, -0.2) is 0 Å². The summed E-state index contributed by atoms with van der Waals surface area (Å²) in [4.78, 5) is 29.0. The monoisotopic (exact) mass is 387 g/mol. The quantitative estimate of drug-likeness (QED) is 0.674. The zero-order valence-electron chi connectivity index (χ0n) is 16.9. The van der Waals surface area contributed by atoms with Crippen LogP contribution >= 0.6 is 0 Å². The number of carbonyl (C=O) groups is 2. The lowest BCUT2D eigenvalue weighted by Crippen LogP contribution is -2.23. The average Bonchev–Trinajstić information content (AvgIpc) is 2.72. The van der Waals surface area contributed by atoms with Gasteiger partial charge in [-0.15, -0.1) is 0 Å². The van der Waals surface area contributed by atoms with Gasteiger partial charge in [-0.1, -0.05) is 45.0 Å². The number of hydrogen-bond acceptors (Lipinski definition) is 3. The predicted molar refractivity (Wildman–Crippen MR) is 115 cm³/mol. The van der Waals surface area contributed by atoms with Crippen LogP contribution in [0.3, 0.4) is 0 Å². The summed E-state index contributed by atoms with van der Waals surface area (Å²) in [5, 5.41) is 5.83. The van der Waals surface area contributed by atoms with Crippen molar-refractivity contribution in [1.82, 2.24) is 10.3 Å². The van der Waals surface area contributed by atoms with Gasteiger partial charge in [0, 0.05) is 35.8 Å². The van der Waals surface area contributed by atoms with Gasteiger partial charge in [0.2, 0.25) is 0 Å². The Morgan fingerprint density at radius 1 is 0.862 bits per heavy atom. The third-order valence-corrected chi connectivity index (χ3v) is 4.57. The number of aromatic nitrogens is 1. The molecule has 3 rings (SSSR count). The molecule has 2 amide bonds. The predicted octanol–water partition coefficient (Wildman–Crippen LogP) is 4.56. The van der Waals surface area contributed by atoms with Gasteiger partial charge in [-0.2, -0.15) is 0 Å². The summed E-state index contributed by atoms with van der Waals surface area (Å²) in [5.74, 6) is -0.400.